The van der Waals surface area contributed by atoms with E-state index in [1.54, 1.807) is 0 Å². The van der Waals surface area contributed by atoms with Gasteiger partial charge in [-0.15, -0.1) is 5.10 Å². The molecule has 0 aromatic carbocycles. The van der Waals surface area contributed by atoms with Crippen LogP contribution in [0, 0.1) is 0 Å². The standard InChI is InChI=1S/C13H23N3O/c1-4-7-8-9-16-13(11(5-2)6-3)12(10-17)14-15-16/h10-11H,4-9H2,1-3H3. The van der Waals surface area contributed by atoms with Gasteiger partial charge in [-0.2, -0.15) is 0 Å². The van der Waals surface area contributed by atoms with Crippen molar-refractivity contribution in [2.45, 2.75) is 65.3 Å². The fourth-order valence-electron chi connectivity index (χ4n) is 2.19. The molecule has 0 unspecified atom stereocenters. The van der Waals surface area contributed by atoms with Crippen molar-refractivity contribution < 1.29 is 4.79 Å². The maximum absolute atomic E-state index is 11.0. The number of rotatable bonds is 8. The van der Waals surface area contributed by atoms with Crippen LogP contribution in [0.2, 0.25) is 0 Å². The summed E-state index contributed by atoms with van der Waals surface area (Å²) in [5.74, 6) is 0.395. The fourth-order valence-corrected chi connectivity index (χ4v) is 2.19. The van der Waals surface area contributed by atoms with Gasteiger partial charge < -0.3 is 0 Å². The highest BCUT2D eigenvalue weighted by atomic mass is 16.1. The first kappa shape index (κ1) is 13.9. The van der Waals surface area contributed by atoms with Gasteiger partial charge in [-0.1, -0.05) is 38.8 Å². The van der Waals surface area contributed by atoms with E-state index < -0.39 is 0 Å². The van der Waals surface area contributed by atoms with E-state index in [9.17, 15) is 4.79 Å². The van der Waals surface area contributed by atoms with E-state index in [4.69, 9.17) is 0 Å². The van der Waals surface area contributed by atoms with Crippen molar-refractivity contribution in [2.75, 3.05) is 0 Å². The van der Waals surface area contributed by atoms with Gasteiger partial charge >= 0.3 is 0 Å². The van der Waals surface area contributed by atoms with Gasteiger partial charge in [0.25, 0.3) is 0 Å². The Labute approximate surface area is 103 Å². The second-order valence-corrected chi connectivity index (χ2v) is 4.42. The minimum Gasteiger partial charge on any atom is -0.296 e. The normalized spacial score (nSPS) is 11.1. The molecule has 0 saturated carbocycles. The van der Waals surface area contributed by atoms with Crippen molar-refractivity contribution in [1.82, 2.24) is 15.0 Å². The predicted octanol–water partition coefficient (Wildman–Crippen LogP) is 3.18. The van der Waals surface area contributed by atoms with E-state index in [0.717, 1.165) is 37.8 Å². The maximum atomic E-state index is 11.0. The lowest BCUT2D eigenvalue weighted by Crippen LogP contribution is -2.10. The molecule has 0 fully saturated rings. The Morgan fingerprint density at radius 1 is 1.24 bits per heavy atom. The Morgan fingerprint density at radius 2 is 1.94 bits per heavy atom. The molecule has 0 amide bonds. The molecule has 1 aromatic heterocycles. The summed E-state index contributed by atoms with van der Waals surface area (Å²) in [6, 6.07) is 0. The Balaban J connectivity index is 2.88. The van der Waals surface area contributed by atoms with Crippen LogP contribution >= 0.6 is 0 Å². The predicted molar refractivity (Wildman–Crippen MR) is 68.3 cm³/mol. The van der Waals surface area contributed by atoms with E-state index in [1.165, 1.54) is 12.8 Å². The number of hydrogen-bond acceptors (Lipinski definition) is 3. The quantitative estimate of drug-likeness (QED) is 0.515. The Hall–Kier alpha value is -1.19. The molecular formula is C13H23N3O. The van der Waals surface area contributed by atoms with Crippen molar-refractivity contribution in [3.8, 4) is 0 Å². The number of aryl methyl sites for hydroxylation is 1. The van der Waals surface area contributed by atoms with Crippen LogP contribution in [0.5, 0.6) is 0 Å². The Bertz CT molecular complexity index is 342. The molecule has 0 radical (unpaired) electrons. The third kappa shape index (κ3) is 3.38. The van der Waals surface area contributed by atoms with Gasteiger partial charge in [-0.25, -0.2) is 4.68 Å². The number of carbonyl (C=O) groups excluding carboxylic acids is 1. The van der Waals surface area contributed by atoms with Crippen LogP contribution < -0.4 is 0 Å². The Morgan fingerprint density at radius 3 is 2.47 bits per heavy atom. The summed E-state index contributed by atoms with van der Waals surface area (Å²) in [4.78, 5) is 11.0. The van der Waals surface area contributed by atoms with Gasteiger partial charge in [0.2, 0.25) is 0 Å². The lowest BCUT2D eigenvalue weighted by molar-refractivity contribution is 0.111. The van der Waals surface area contributed by atoms with Crippen molar-refractivity contribution >= 4 is 6.29 Å². The highest BCUT2D eigenvalue weighted by Gasteiger charge is 2.19. The average molecular weight is 237 g/mol. The van der Waals surface area contributed by atoms with Crippen LogP contribution in [-0.2, 0) is 6.54 Å². The summed E-state index contributed by atoms with van der Waals surface area (Å²) in [7, 11) is 0. The maximum Gasteiger partial charge on any atom is 0.172 e. The van der Waals surface area contributed by atoms with Crippen LogP contribution in [0.3, 0.4) is 0 Å². The number of hydrogen-bond donors (Lipinski definition) is 0. The zero-order chi connectivity index (χ0) is 12.7. The molecule has 1 aromatic rings. The van der Waals surface area contributed by atoms with E-state index >= 15 is 0 Å². The topological polar surface area (TPSA) is 47.8 Å². The van der Waals surface area contributed by atoms with Crippen LogP contribution in [-0.4, -0.2) is 21.3 Å². The van der Waals surface area contributed by atoms with Crippen molar-refractivity contribution in [2.24, 2.45) is 0 Å². The van der Waals surface area contributed by atoms with Crippen LogP contribution in [0.4, 0.5) is 0 Å². The van der Waals surface area contributed by atoms with E-state index in [-0.39, 0.29) is 0 Å². The van der Waals surface area contributed by atoms with Crippen LogP contribution in [0.25, 0.3) is 0 Å². The molecule has 4 heteroatoms. The molecule has 1 heterocycles. The van der Waals surface area contributed by atoms with Crippen molar-refractivity contribution in [3.63, 3.8) is 0 Å². The number of aromatic nitrogens is 3. The molecule has 0 aliphatic heterocycles. The highest BCUT2D eigenvalue weighted by molar-refractivity contribution is 5.73. The highest BCUT2D eigenvalue weighted by Crippen LogP contribution is 2.24. The second kappa shape index (κ2) is 7.20. The first-order chi connectivity index (χ1) is 8.28. The smallest absolute Gasteiger partial charge is 0.172 e. The molecule has 0 spiro atoms. The van der Waals surface area contributed by atoms with E-state index in [1.807, 2.05) is 4.68 Å². The van der Waals surface area contributed by atoms with Gasteiger partial charge in [0.05, 0.1) is 5.69 Å². The zero-order valence-electron chi connectivity index (χ0n) is 11.1. The van der Waals surface area contributed by atoms with Crippen LogP contribution in [0.15, 0.2) is 0 Å². The minimum atomic E-state index is 0.395. The summed E-state index contributed by atoms with van der Waals surface area (Å²) >= 11 is 0. The number of aldehydes is 1. The van der Waals surface area contributed by atoms with Crippen LogP contribution in [0.1, 0.15) is 75.0 Å². The van der Waals surface area contributed by atoms with E-state index in [2.05, 4.69) is 31.1 Å². The fraction of sp³-hybridized carbons (Fsp3) is 0.769. The number of nitrogens with zero attached hydrogens (tertiary/aromatic N) is 3. The van der Waals surface area contributed by atoms with Gasteiger partial charge in [-0.05, 0) is 19.3 Å². The van der Waals surface area contributed by atoms with E-state index in [0.29, 0.717) is 11.6 Å². The average Bonchev–Trinajstić information content (AvgIpc) is 2.75. The molecule has 1 rings (SSSR count). The summed E-state index contributed by atoms with van der Waals surface area (Å²) in [6.07, 6.45) is 6.37. The zero-order valence-corrected chi connectivity index (χ0v) is 11.1. The van der Waals surface area contributed by atoms with Gasteiger partial charge in [0, 0.05) is 12.5 Å². The first-order valence-electron chi connectivity index (χ1n) is 6.66. The molecular weight excluding hydrogens is 214 g/mol. The largest absolute Gasteiger partial charge is 0.296 e. The SMILES string of the molecule is CCCCCn1nnc(C=O)c1C(CC)CC. The minimum absolute atomic E-state index is 0.395. The Kier molecular flexibility index (Phi) is 5.87. The summed E-state index contributed by atoms with van der Waals surface area (Å²) < 4.78 is 1.93. The molecule has 0 aliphatic rings. The number of carbonyl (C=O) groups is 1. The molecule has 0 N–H and O–H groups in total. The van der Waals surface area contributed by atoms with Gasteiger partial charge in [0.15, 0.2) is 6.29 Å². The molecule has 0 atom stereocenters. The molecule has 96 valence electrons. The third-order valence-corrected chi connectivity index (χ3v) is 3.26. The van der Waals surface area contributed by atoms with Gasteiger partial charge in [0.1, 0.15) is 5.69 Å². The van der Waals surface area contributed by atoms with Crippen molar-refractivity contribution in [1.29, 1.82) is 0 Å². The summed E-state index contributed by atoms with van der Waals surface area (Å²) in [6.45, 7) is 7.35. The lowest BCUT2D eigenvalue weighted by Gasteiger charge is -2.14. The lowest BCUT2D eigenvalue weighted by atomic mass is 9.97. The summed E-state index contributed by atoms with van der Waals surface area (Å²) in [5.41, 5.74) is 1.55. The second-order valence-electron chi connectivity index (χ2n) is 4.42. The monoisotopic (exact) mass is 237 g/mol. The molecule has 4 nitrogen and oxygen atoms in total. The molecule has 0 saturated heterocycles. The molecule has 0 aliphatic carbocycles. The first-order valence-corrected chi connectivity index (χ1v) is 6.66. The molecule has 17 heavy (non-hydrogen) atoms. The van der Waals surface area contributed by atoms with Crippen molar-refractivity contribution in [3.05, 3.63) is 11.4 Å². The van der Waals surface area contributed by atoms with Gasteiger partial charge in [-0.3, -0.25) is 4.79 Å². The number of unbranched alkanes of at least 4 members (excludes halogenated alkanes) is 2. The summed E-state index contributed by atoms with van der Waals surface area (Å²) in [5, 5.41) is 8.09. The molecule has 0 bridgehead atoms. The third-order valence-electron chi connectivity index (χ3n) is 3.26.